The van der Waals surface area contributed by atoms with Crippen LogP contribution in [-0.2, 0) is 4.74 Å². The summed E-state index contributed by atoms with van der Waals surface area (Å²) < 4.78 is 5.26. The van der Waals surface area contributed by atoms with Gasteiger partial charge in [0.15, 0.2) is 0 Å². The molecule has 0 atom stereocenters. The summed E-state index contributed by atoms with van der Waals surface area (Å²) in [4.78, 5) is 2.45. The average molecular weight is 190 g/mol. The van der Waals surface area contributed by atoms with Gasteiger partial charge in [-0.25, -0.2) is 0 Å². The van der Waals surface area contributed by atoms with Crippen LogP contribution in [0.5, 0.6) is 0 Å². The molecule has 1 fully saturated rings. The number of morpholine rings is 1. The van der Waals surface area contributed by atoms with E-state index in [0.29, 0.717) is 0 Å². The van der Waals surface area contributed by atoms with Crippen LogP contribution in [-0.4, -0.2) is 55.8 Å². The van der Waals surface area contributed by atoms with E-state index in [-0.39, 0.29) is 0 Å². The fraction of sp³-hybridized carbons (Fsp3) is 1.00. The van der Waals surface area contributed by atoms with Crippen LogP contribution < -0.4 is 5.73 Å². The highest BCUT2D eigenvalue weighted by Crippen LogP contribution is 2.01. The summed E-state index contributed by atoms with van der Waals surface area (Å²) in [5, 5.41) is 0. The lowest BCUT2D eigenvalue weighted by atomic mass is 10.4. The second-order valence-corrected chi connectivity index (χ2v) is 4.08. The van der Waals surface area contributed by atoms with E-state index in [1.54, 1.807) is 0 Å². The van der Waals surface area contributed by atoms with Crippen LogP contribution in [0.1, 0.15) is 0 Å². The van der Waals surface area contributed by atoms with E-state index in [0.717, 1.165) is 38.6 Å². The molecule has 0 radical (unpaired) electrons. The van der Waals surface area contributed by atoms with Crippen molar-refractivity contribution in [1.82, 2.24) is 4.90 Å². The van der Waals surface area contributed by atoms with Gasteiger partial charge < -0.3 is 10.5 Å². The quantitative estimate of drug-likeness (QED) is 0.620. The summed E-state index contributed by atoms with van der Waals surface area (Å²) in [6.07, 6.45) is 0. The first-order valence-electron chi connectivity index (χ1n) is 4.51. The minimum atomic E-state index is 0.799. The largest absolute Gasteiger partial charge is 0.379 e. The van der Waals surface area contributed by atoms with Gasteiger partial charge in [0.1, 0.15) is 0 Å². The van der Waals surface area contributed by atoms with Crippen molar-refractivity contribution in [2.75, 3.05) is 50.9 Å². The van der Waals surface area contributed by atoms with E-state index in [9.17, 15) is 0 Å². The first-order chi connectivity index (χ1) is 5.93. The molecule has 1 heterocycles. The highest BCUT2D eigenvalue weighted by molar-refractivity contribution is 7.99. The molecule has 0 amide bonds. The maximum absolute atomic E-state index is 5.39. The molecule has 0 aromatic heterocycles. The predicted octanol–water partition coefficient (Wildman–Crippen LogP) is 0.0105. The Balaban J connectivity index is 1.91. The van der Waals surface area contributed by atoms with Gasteiger partial charge >= 0.3 is 0 Å². The van der Waals surface area contributed by atoms with Crippen LogP contribution in [0.2, 0.25) is 0 Å². The molecule has 1 aliphatic heterocycles. The number of ether oxygens (including phenoxy) is 1. The molecule has 0 aromatic rings. The Morgan fingerprint density at radius 3 is 2.67 bits per heavy atom. The van der Waals surface area contributed by atoms with Gasteiger partial charge in [0.2, 0.25) is 0 Å². The van der Waals surface area contributed by atoms with Gasteiger partial charge in [0.25, 0.3) is 0 Å². The van der Waals surface area contributed by atoms with Crippen LogP contribution in [0.4, 0.5) is 0 Å². The Kier molecular flexibility index (Phi) is 5.77. The molecule has 0 bridgehead atoms. The summed E-state index contributed by atoms with van der Waals surface area (Å²) in [6.45, 7) is 6.00. The molecule has 1 aliphatic rings. The molecule has 4 heteroatoms. The molecule has 1 rings (SSSR count). The van der Waals surface area contributed by atoms with Crippen LogP contribution in [0.3, 0.4) is 0 Å². The lowest BCUT2D eigenvalue weighted by Crippen LogP contribution is -2.37. The second kappa shape index (κ2) is 6.71. The monoisotopic (exact) mass is 190 g/mol. The topological polar surface area (TPSA) is 38.5 Å². The molecule has 12 heavy (non-hydrogen) atoms. The van der Waals surface area contributed by atoms with Gasteiger partial charge in [0, 0.05) is 37.7 Å². The van der Waals surface area contributed by atoms with Crippen molar-refractivity contribution in [2.45, 2.75) is 0 Å². The predicted molar refractivity (Wildman–Crippen MR) is 53.6 cm³/mol. The Hall–Kier alpha value is 0.230. The number of rotatable bonds is 5. The summed E-state index contributed by atoms with van der Waals surface area (Å²) in [6, 6.07) is 0. The molecule has 0 unspecified atom stereocenters. The molecule has 0 aromatic carbocycles. The van der Waals surface area contributed by atoms with Gasteiger partial charge in [-0.2, -0.15) is 11.8 Å². The van der Waals surface area contributed by atoms with Gasteiger partial charge in [-0.1, -0.05) is 0 Å². The van der Waals surface area contributed by atoms with Crippen molar-refractivity contribution in [3.63, 3.8) is 0 Å². The van der Waals surface area contributed by atoms with E-state index in [4.69, 9.17) is 10.5 Å². The standard InChI is InChI=1S/C8H18N2OS/c9-1-7-12-8-4-10-2-5-11-6-3-10/h1-9H2. The molecule has 0 saturated carbocycles. The van der Waals surface area contributed by atoms with Gasteiger partial charge in [-0.3, -0.25) is 4.90 Å². The van der Waals surface area contributed by atoms with Crippen LogP contribution >= 0.6 is 11.8 Å². The SMILES string of the molecule is NCCSCCN1CCOCC1. The summed E-state index contributed by atoms with van der Waals surface area (Å²) >= 11 is 1.94. The summed E-state index contributed by atoms with van der Waals surface area (Å²) in [5.41, 5.74) is 5.39. The molecular formula is C8H18N2OS. The Labute approximate surface area is 78.6 Å². The van der Waals surface area contributed by atoms with Gasteiger partial charge in [-0.05, 0) is 0 Å². The van der Waals surface area contributed by atoms with Crippen molar-refractivity contribution < 1.29 is 4.74 Å². The molecule has 2 N–H and O–H groups in total. The first kappa shape index (κ1) is 10.3. The van der Waals surface area contributed by atoms with Crippen molar-refractivity contribution in [3.05, 3.63) is 0 Å². The highest BCUT2D eigenvalue weighted by Gasteiger charge is 2.08. The number of hydrogen-bond acceptors (Lipinski definition) is 4. The maximum atomic E-state index is 5.39. The van der Waals surface area contributed by atoms with Crippen molar-refractivity contribution in [3.8, 4) is 0 Å². The van der Waals surface area contributed by atoms with E-state index in [1.807, 2.05) is 11.8 Å². The van der Waals surface area contributed by atoms with Gasteiger partial charge in [0.05, 0.1) is 13.2 Å². The minimum Gasteiger partial charge on any atom is -0.379 e. The van der Waals surface area contributed by atoms with E-state index >= 15 is 0 Å². The normalized spacial score (nSPS) is 19.8. The highest BCUT2D eigenvalue weighted by atomic mass is 32.2. The van der Waals surface area contributed by atoms with Crippen LogP contribution in [0.15, 0.2) is 0 Å². The zero-order valence-corrected chi connectivity index (χ0v) is 8.31. The Morgan fingerprint density at radius 2 is 2.00 bits per heavy atom. The first-order valence-corrected chi connectivity index (χ1v) is 5.67. The molecule has 72 valence electrons. The summed E-state index contributed by atoms with van der Waals surface area (Å²) in [5.74, 6) is 2.29. The van der Waals surface area contributed by atoms with E-state index < -0.39 is 0 Å². The minimum absolute atomic E-state index is 0.799. The fourth-order valence-electron chi connectivity index (χ4n) is 1.20. The Bertz CT molecular complexity index is 107. The number of nitrogens with zero attached hydrogens (tertiary/aromatic N) is 1. The van der Waals surface area contributed by atoms with Crippen molar-refractivity contribution >= 4 is 11.8 Å². The average Bonchev–Trinajstić information content (AvgIpc) is 2.14. The van der Waals surface area contributed by atoms with Crippen molar-refractivity contribution in [1.29, 1.82) is 0 Å². The zero-order valence-electron chi connectivity index (χ0n) is 7.50. The lowest BCUT2D eigenvalue weighted by molar-refractivity contribution is 0.0410. The summed E-state index contributed by atoms with van der Waals surface area (Å²) in [7, 11) is 0. The number of thioether (sulfide) groups is 1. The Morgan fingerprint density at radius 1 is 1.25 bits per heavy atom. The number of nitrogens with two attached hydrogens (primary N) is 1. The maximum Gasteiger partial charge on any atom is 0.0594 e. The third-order valence-electron chi connectivity index (χ3n) is 1.92. The van der Waals surface area contributed by atoms with Crippen molar-refractivity contribution in [2.24, 2.45) is 5.73 Å². The van der Waals surface area contributed by atoms with Gasteiger partial charge in [-0.15, -0.1) is 0 Å². The molecule has 0 spiro atoms. The number of hydrogen-bond donors (Lipinski definition) is 1. The molecular weight excluding hydrogens is 172 g/mol. The molecule has 1 saturated heterocycles. The molecule has 3 nitrogen and oxygen atoms in total. The third kappa shape index (κ3) is 4.30. The van der Waals surface area contributed by atoms with E-state index in [2.05, 4.69) is 4.90 Å². The fourth-order valence-corrected chi connectivity index (χ4v) is 1.96. The second-order valence-electron chi connectivity index (χ2n) is 2.86. The third-order valence-corrected chi connectivity index (χ3v) is 2.91. The van der Waals surface area contributed by atoms with Crippen LogP contribution in [0.25, 0.3) is 0 Å². The van der Waals surface area contributed by atoms with E-state index in [1.165, 1.54) is 12.3 Å². The zero-order chi connectivity index (χ0) is 8.65. The molecule has 0 aliphatic carbocycles. The lowest BCUT2D eigenvalue weighted by Gasteiger charge is -2.26. The van der Waals surface area contributed by atoms with Crippen LogP contribution in [0, 0.1) is 0 Å². The smallest absolute Gasteiger partial charge is 0.0594 e.